The van der Waals surface area contributed by atoms with Crippen LogP contribution in [0.25, 0.3) is 0 Å². The second kappa shape index (κ2) is 8.31. The molecule has 166 valence electrons. The molecule has 4 rings (SSSR count). The largest absolute Gasteiger partial charge is 0.492 e. The van der Waals surface area contributed by atoms with Crippen LogP contribution in [-0.4, -0.2) is 41.0 Å². The summed E-state index contributed by atoms with van der Waals surface area (Å²) in [4.78, 5) is 38.1. The van der Waals surface area contributed by atoms with Gasteiger partial charge in [0.25, 0.3) is 5.91 Å². The van der Waals surface area contributed by atoms with E-state index < -0.39 is 10.8 Å². The predicted octanol–water partition coefficient (Wildman–Crippen LogP) is 2.88. The number of nitrogens with one attached hydrogen (secondary N) is 1. The number of hydrazone groups is 1. The first-order chi connectivity index (χ1) is 15.2. The summed E-state index contributed by atoms with van der Waals surface area (Å²) in [5.41, 5.74) is 3.45. The topological polar surface area (TPSA) is 91.3 Å². The van der Waals surface area contributed by atoms with Gasteiger partial charge in [0.1, 0.15) is 12.4 Å². The van der Waals surface area contributed by atoms with Gasteiger partial charge in [0.2, 0.25) is 16.7 Å². The predicted molar refractivity (Wildman–Crippen MR) is 123 cm³/mol. The van der Waals surface area contributed by atoms with Crippen molar-refractivity contribution in [2.24, 2.45) is 5.10 Å². The summed E-state index contributed by atoms with van der Waals surface area (Å²) in [6.07, 6.45) is 0. The van der Waals surface area contributed by atoms with E-state index in [0.717, 1.165) is 28.6 Å². The van der Waals surface area contributed by atoms with Crippen molar-refractivity contribution in [2.75, 3.05) is 18.1 Å². The van der Waals surface area contributed by atoms with Gasteiger partial charge in [-0.25, -0.2) is 0 Å². The molecule has 0 fully saturated rings. The number of hydrogen-bond donors (Lipinski definition) is 1. The van der Waals surface area contributed by atoms with E-state index >= 15 is 0 Å². The lowest BCUT2D eigenvalue weighted by atomic mass is 10.0. The van der Waals surface area contributed by atoms with Crippen molar-refractivity contribution in [3.63, 3.8) is 0 Å². The molecule has 0 radical (unpaired) electrons. The number of rotatable bonds is 4. The second-order valence-electron chi connectivity index (χ2n) is 7.80. The Morgan fingerprint density at radius 2 is 1.78 bits per heavy atom. The summed E-state index contributed by atoms with van der Waals surface area (Å²) < 4.78 is 5.84. The molecule has 3 amide bonds. The molecule has 0 saturated carbocycles. The number of thioether (sulfide) groups is 1. The number of fused-ring (bicyclic) bond motifs is 2. The number of anilines is 1. The average Bonchev–Trinajstić information content (AvgIpc) is 3.21. The molecule has 2 heterocycles. The number of hydrogen-bond acceptors (Lipinski definition) is 6. The first kappa shape index (κ1) is 21.9. The SMILES string of the molecule is CC(=O)NC1=NN(C(C)=O)[C@]2(S1)C(=O)N(CCOc1ccc(C)cc1)c1ccc(C)cc12. The Labute approximate surface area is 190 Å². The maximum atomic E-state index is 13.8. The molecule has 0 aliphatic carbocycles. The quantitative estimate of drug-likeness (QED) is 0.770. The van der Waals surface area contributed by atoms with Gasteiger partial charge in [-0.2, -0.15) is 5.01 Å². The Balaban J connectivity index is 1.65. The summed E-state index contributed by atoms with van der Waals surface area (Å²) in [6.45, 7) is 7.22. The highest BCUT2D eigenvalue weighted by Crippen LogP contribution is 2.54. The lowest BCUT2D eigenvalue weighted by Crippen LogP contribution is -2.49. The highest BCUT2D eigenvalue weighted by Gasteiger charge is 2.61. The monoisotopic (exact) mass is 452 g/mol. The number of amides is 3. The summed E-state index contributed by atoms with van der Waals surface area (Å²) in [7, 11) is 0. The second-order valence-corrected chi connectivity index (χ2v) is 8.98. The van der Waals surface area contributed by atoms with Gasteiger partial charge in [-0.15, -0.1) is 5.10 Å². The minimum Gasteiger partial charge on any atom is -0.492 e. The zero-order valence-electron chi connectivity index (χ0n) is 18.3. The zero-order chi connectivity index (χ0) is 23.0. The first-order valence-corrected chi connectivity index (χ1v) is 11.0. The zero-order valence-corrected chi connectivity index (χ0v) is 19.2. The molecule has 2 aliphatic rings. The lowest BCUT2D eigenvalue weighted by Gasteiger charge is -2.29. The van der Waals surface area contributed by atoms with Gasteiger partial charge < -0.3 is 15.0 Å². The average molecular weight is 453 g/mol. The Bertz CT molecular complexity index is 1130. The Morgan fingerprint density at radius 1 is 1.09 bits per heavy atom. The molecule has 1 N–H and O–H groups in total. The molecule has 1 atom stereocenters. The van der Waals surface area contributed by atoms with Crippen molar-refractivity contribution >= 4 is 40.3 Å². The molecule has 0 aromatic heterocycles. The molecule has 32 heavy (non-hydrogen) atoms. The number of carbonyl (C=O) groups excluding carboxylic acids is 3. The fourth-order valence-electron chi connectivity index (χ4n) is 3.84. The minimum atomic E-state index is -1.39. The minimum absolute atomic E-state index is 0.214. The summed E-state index contributed by atoms with van der Waals surface area (Å²) in [6, 6.07) is 13.4. The van der Waals surface area contributed by atoms with Crippen LogP contribution in [0.4, 0.5) is 5.69 Å². The molecule has 0 unspecified atom stereocenters. The maximum absolute atomic E-state index is 13.8. The Kier molecular flexibility index (Phi) is 5.68. The van der Waals surface area contributed by atoms with Crippen LogP contribution in [0.2, 0.25) is 0 Å². The molecule has 2 aromatic rings. The van der Waals surface area contributed by atoms with Gasteiger partial charge in [-0.1, -0.05) is 35.4 Å². The van der Waals surface area contributed by atoms with Gasteiger partial charge >= 0.3 is 0 Å². The van der Waals surface area contributed by atoms with Crippen LogP contribution in [0.15, 0.2) is 47.6 Å². The van der Waals surface area contributed by atoms with Crippen molar-refractivity contribution in [2.45, 2.75) is 32.6 Å². The maximum Gasteiger partial charge on any atom is 0.270 e. The van der Waals surface area contributed by atoms with E-state index in [9.17, 15) is 14.4 Å². The highest BCUT2D eigenvalue weighted by molar-refractivity contribution is 8.15. The van der Waals surface area contributed by atoms with Crippen molar-refractivity contribution in [1.29, 1.82) is 0 Å². The third-order valence-corrected chi connectivity index (χ3v) is 6.50. The highest BCUT2D eigenvalue weighted by atomic mass is 32.2. The molecule has 8 nitrogen and oxygen atoms in total. The first-order valence-electron chi connectivity index (χ1n) is 10.2. The van der Waals surface area contributed by atoms with Gasteiger partial charge in [0.15, 0.2) is 5.17 Å². The van der Waals surface area contributed by atoms with E-state index in [0.29, 0.717) is 17.8 Å². The normalized spacial score (nSPS) is 19.2. The molecular weight excluding hydrogens is 428 g/mol. The molecule has 0 saturated heterocycles. The number of ether oxygens (including phenoxy) is 1. The van der Waals surface area contributed by atoms with Crippen LogP contribution in [0.1, 0.15) is 30.5 Å². The van der Waals surface area contributed by atoms with E-state index in [2.05, 4.69) is 10.4 Å². The third-order valence-electron chi connectivity index (χ3n) is 5.26. The number of nitrogens with zero attached hydrogens (tertiary/aromatic N) is 3. The molecule has 2 aliphatic heterocycles. The fraction of sp³-hybridized carbons (Fsp3) is 0.304. The Morgan fingerprint density at radius 3 is 2.44 bits per heavy atom. The summed E-state index contributed by atoms with van der Waals surface area (Å²) in [5, 5.41) is 8.26. The van der Waals surface area contributed by atoms with E-state index in [1.807, 2.05) is 56.3 Å². The molecular formula is C23H24N4O4S. The van der Waals surface area contributed by atoms with Gasteiger partial charge in [-0.3, -0.25) is 14.4 Å². The van der Waals surface area contributed by atoms with Gasteiger partial charge in [0.05, 0.1) is 12.2 Å². The summed E-state index contributed by atoms with van der Waals surface area (Å²) in [5.74, 6) is -0.292. The standard InChI is InChI=1S/C23H24N4O4S/c1-14-5-8-18(9-6-14)31-12-11-26-20-10-7-15(2)13-19(20)23(21(26)30)27(17(4)29)25-22(32-23)24-16(3)28/h5-10,13H,11-12H2,1-4H3,(H,24,25,28)/t23-/m1/s1. The Hall–Kier alpha value is -3.33. The van der Waals surface area contributed by atoms with Crippen molar-refractivity contribution in [3.8, 4) is 5.75 Å². The number of aryl methyl sites for hydroxylation is 2. The van der Waals surface area contributed by atoms with Crippen molar-refractivity contribution < 1.29 is 19.1 Å². The molecule has 9 heteroatoms. The van der Waals surface area contributed by atoms with Crippen LogP contribution in [-0.2, 0) is 19.3 Å². The fourth-order valence-corrected chi connectivity index (χ4v) is 5.16. The van der Waals surface area contributed by atoms with Crippen molar-refractivity contribution in [3.05, 3.63) is 59.2 Å². The lowest BCUT2D eigenvalue weighted by molar-refractivity contribution is -0.139. The van der Waals surface area contributed by atoms with Crippen LogP contribution in [0.3, 0.4) is 0 Å². The van der Waals surface area contributed by atoms with Gasteiger partial charge in [0, 0.05) is 19.4 Å². The van der Waals surface area contributed by atoms with E-state index in [-0.39, 0.29) is 23.6 Å². The van der Waals surface area contributed by atoms with Gasteiger partial charge in [-0.05, 0) is 43.8 Å². The molecule has 0 bridgehead atoms. The number of amidine groups is 1. The van der Waals surface area contributed by atoms with Crippen LogP contribution in [0, 0.1) is 13.8 Å². The molecule has 2 aromatic carbocycles. The van der Waals surface area contributed by atoms with E-state index in [1.54, 1.807) is 4.90 Å². The summed E-state index contributed by atoms with van der Waals surface area (Å²) >= 11 is 1.07. The van der Waals surface area contributed by atoms with Crippen LogP contribution in [0.5, 0.6) is 5.75 Å². The molecule has 1 spiro atoms. The smallest absolute Gasteiger partial charge is 0.270 e. The van der Waals surface area contributed by atoms with Crippen LogP contribution < -0.4 is 15.0 Å². The van der Waals surface area contributed by atoms with Crippen LogP contribution >= 0.6 is 11.8 Å². The third kappa shape index (κ3) is 3.73. The van der Waals surface area contributed by atoms with E-state index in [1.165, 1.54) is 18.9 Å². The number of benzene rings is 2. The number of carbonyl (C=O) groups is 3. The van der Waals surface area contributed by atoms with Crippen molar-refractivity contribution in [1.82, 2.24) is 10.3 Å². The van der Waals surface area contributed by atoms with E-state index in [4.69, 9.17) is 4.74 Å².